The Morgan fingerprint density at radius 3 is 2.00 bits per heavy atom. The predicted octanol–water partition coefficient (Wildman–Crippen LogP) is 5.93. The topological polar surface area (TPSA) is 84.2 Å². The van der Waals surface area contributed by atoms with E-state index in [9.17, 15) is 27.2 Å². The van der Waals surface area contributed by atoms with Crippen molar-refractivity contribution in [2.75, 3.05) is 11.1 Å². The number of carbonyl (C=O) groups is 2. The van der Waals surface area contributed by atoms with Gasteiger partial charge >= 0.3 is 0 Å². The van der Waals surface area contributed by atoms with Crippen LogP contribution in [0.25, 0.3) is 11.6 Å². The number of nitrogens with two attached hydrogens (primary N) is 1. The van der Waals surface area contributed by atoms with Crippen molar-refractivity contribution < 1.29 is 27.2 Å². The third-order valence-corrected chi connectivity index (χ3v) is 5.61. The van der Waals surface area contributed by atoms with Gasteiger partial charge in [-0.25, -0.2) is 17.6 Å². The van der Waals surface area contributed by atoms with Crippen LogP contribution in [-0.2, 0) is 11.3 Å². The van der Waals surface area contributed by atoms with E-state index in [1.54, 1.807) is 48.5 Å². The molecule has 4 N–H and O–H groups in total. The zero-order valence-corrected chi connectivity index (χ0v) is 19.8. The van der Waals surface area contributed by atoms with Crippen molar-refractivity contribution in [3.05, 3.63) is 130 Å². The molecule has 4 aromatic rings. The van der Waals surface area contributed by atoms with Crippen LogP contribution in [0.5, 0.6) is 0 Å². The largest absolute Gasteiger partial charge is 0.397 e. The molecule has 4 aromatic carbocycles. The monoisotopic (exact) mass is 519 g/mol. The maximum absolute atomic E-state index is 14.3. The molecule has 0 unspecified atom stereocenters. The lowest BCUT2D eigenvalue weighted by Gasteiger charge is -2.12. The Labute approximate surface area is 215 Å². The molecule has 4 rings (SSSR count). The van der Waals surface area contributed by atoms with Gasteiger partial charge in [0.2, 0.25) is 0 Å². The number of nitrogens with one attached hydrogen (secondary N) is 2. The van der Waals surface area contributed by atoms with Crippen molar-refractivity contribution in [1.82, 2.24) is 5.32 Å². The molecule has 0 aromatic heterocycles. The van der Waals surface area contributed by atoms with Gasteiger partial charge in [-0.1, -0.05) is 36.4 Å². The SMILES string of the molecule is Nc1ccccc1NC(=O)c1ccc(CNC(=O)/C(=C/c2c(F)cc(F)cc2F)c2ccc(F)cc2)cc1. The molecule has 0 fully saturated rings. The van der Waals surface area contributed by atoms with Gasteiger partial charge in [0.25, 0.3) is 11.8 Å². The van der Waals surface area contributed by atoms with Gasteiger partial charge in [-0.2, -0.15) is 0 Å². The molecule has 0 aliphatic rings. The number of para-hydroxylation sites is 2. The van der Waals surface area contributed by atoms with Crippen LogP contribution in [0.1, 0.15) is 27.0 Å². The molecular formula is C29H21F4N3O2. The average Bonchev–Trinajstić information content (AvgIpc) is 2.89. The summed E-state index contributed by atoms with van der Waals surface area (Å²) >= 11 is 0. The first-order chi connectivity index (χ1) is 18.2. The molecular weight excluding hydrogens is 498 g/mol. The summed E-state index contributed by atoms with van der Waals surface area (Å²) in [4.78, 5) is 25.5. The van der Waals surface area contributed by atoms with Gasteiger partial charge in [0, 0.05) is 35.4 Å². The highest BCUT2D eigenvalue weighted by molar-refractivity contribution is 6.24. The summed E-state index contributed by atoms with van der Waals surface area (Å²) in [5, 5.41) is 5.36. The Balaban J connectivity index is 1.51. The molecule has 0 saturated carbocycles. The van der Waals surface area contributed by atoms with E-state index >= 15 is 0 Å². The van der Waals surface area contributed by atoms with Crippen LogP contribution < -0.4 is 16.4 Å². The summed E-state index contributed by atoms with van der Waals surface area (Å²) in [5.74, 6) is -5.13. The van der Waals surface area contributed by atoms with E-state index in [2.05, 4.69) is 10.6 Å². The van der Waals surface area contributed by atoms with Gasteiger partial charge in [0.1, 0.15) is 23.3 Å². The molecule has 0 saturated heterocycles. The molecule has 0 aliphatic carbocycles. The van der Waals surface area contributed by atoms with Gasteiger partial charge in [-0.15, -0.1) is 0 Å². The molecule has 9 heteroatoms. The van der Waals surface area contributed by atoms with Crippen molar-refractivity contribution in [3.8, 4) is 0 Å². The van der Waals surface area contributed by atoms with E-state index < -0.39 is 34.7 Å². The average molecular weight is 519 g/mol. The molecule has 0 bridgehead atoms. The second-order valence-electron chi connectivity index (χ2n) is 8.27. The first kappa shape index (κ1) is 26.2. The lowest BCUT2D eigenvalue weighted by molar-refractivity contribution is -0.115. The van der Waals surface area contributed by atoms with E-state index in [0.717, 1.165) is 18.2 Å². The Kier molecular flexibility index (Phi) is 7.86. The number of halogens is 4. The second kappa shape index (κ2) is 11.4. The van der Waals surface area contributed by atoms with E-state index in [4.69, 9.17) is 5.73 Å². The fourth-order valence-electron chi connectivity index (χ4n) is 3.60. The fraction of sp³-hybridized carbons (Fsp3) is 0.0345. The summed E-state index contributed by atoms with van der Waals surface area (Å²) in [5.41, 5.74) is 7.15. The summed E-state index contributed by atoms with van der Waals surface area (Å²) in [6.45, 7) is 0.0132. The smallest absolute Gasteiger partial charge is 0.255 e. The Morgan fingerprint density at radius 2 is 1.37 bits per heavy atom. The Hall–Kier alpha value is -4.92. The molecule has 0 spiro atoms. The fourth-order valence-corrected chi connectivity index (χ4v) is 3.60. The highest BCUT2D eigenvalue weighted by Gasteiger charge is 2.17. The minimum atomic E-state index is -1.19. The summed E-state index contributed by atoms with van der Waals surface area (Å²) < 4.78 is 55.3. The van der Waals surface area contributed by atoms with E-state index in [-0.39, 0.29) is 23.6 Å². The third kappa shape index (κ3) is 6.25. The third-order valence-electron chi connectivity index (χ3n) is 5.61. The van der Waals surface area contributed by atoms with Crippen molar-refractivity contribution >= 4 is 34.8 Å². The number of anilines is 2. The van der Waals surface area contributed by atoms with Gasteiger partial charge in [-0.3, -0.25) is 9.59 Å². The minimum Gasteiger partial charge on any atom is -0.397 e. The van der Waals surface area contributed by atoms with Gasteiger partial charge in [-0.05, 0) is 53.6 Å². The van der Waals surface area contributed by atoms with Crippen LogP contribution in [0.3, 0.4) is 0 Å². The molecule has 2 amide bonds. The van der Waals surface area contributed by atoms with Gasteiger partial charge < -0.3 is 16.4 Å². The molecule has 0 atom stereocenters. The number of carbonyl (C=O) groups excluding carboxylic acids is 2. The van der Waals surface area contributed by atoms with Crippen LogP contribution in [0, 0.1) is 23.3 Å². The molecule has 0 radical (unpaired) electrons. The van der Waals surface area contributed by atoms with Gasteiger partial charge in [0.15, 0.2) is 0 Å². The van der Waals surface area contributed by atoms with Crippen molar-refractivity contribution in [3.63, 3.8) is 0 Å². The maximum Gasteiger partial charge on any atom is 0.255 e. The summed E-state index contributed by atoms with van der Waals surface area (Å²) in [6.07, 6.45) is 0.940. The van der Waals surface area contributed by atoms with Crippen molar-refractivity contribution in [1.29, 1.82) is 0 Å². The number of benzene rings is 4. The molecule has 0 aliphatic heterocycles. The summed E-state index contributed by atoms with van der Waals surface area (Å²) in [7, 11) is 0. The Morgan fingerprint density at radius 1 is 0.763 bits per heavy atom. The lowest BCUT2D eigenvalue weighted by atomic mass is 10.0. The number of rotatable bonds is 7. The minimum absolute atomic E-state index is 0.0132. The number of hydrogen-bond donors (Lipinski definition) is 3. The number of hydrogen-bond acceptors (Lipinski definition) is 3. The van der Waals surface area contributed by atoms with Crippen LogP contribution in [0.15, 0.2) is 84.9 Å². The number of amides is 2. The first-order valence-electron chi connectivity index (χ1n) is 11.4. The number of nitrogen functional groups attached to an aromatic ring is 1. The van der Waals surface area contributed by atoms with Crippen molar-refractivity contribution in [2.24, 2.45) is 0 Å². The standard InChI is InChI=1S/C29H21F4N3O2/c30-20-11-9-18(10-12-20)22(15-23-24(32)13-21(31)14-25(23)33)29(38)35-16-17-5-7-19(8-6-17)28(37)36-27-4-2-1-3-26(27)34/h1-15H,16,34H2,(H,35,38)(H,36,37)/b22-15+. The van der Waals surface area contributed by atoms with E-state index in [1.165, 1.54) is 12.1 Å². The van der Waals surface area contributed by atoms with Crippen LogP contribution in [0.2, 0.25) is 0 Å². The molecule has 38 heavy (non-hydrogen) atoms. The maximum atomic E-state index is 14.3. The van der Waals surface area contributed by atoms with Crippen LogP contribution in [0.4, 0.5) is 28.9 Å². The van der Waals surface area contributed by atoms with Gasteiger partial charge in [0.05, 0.1) is 11.4 Å². The van der Waals surface area contributed by atoms with Crippen LogP contribution in [-0.4, -0.2) is 11.8 Å². The zero-order valence-electron chi connectivity index (χ0n) is 19.8. The van der Waals surface area contributed by atoms with Crippen molar-refractivity contribution in [2.45, 2.75) is 6.54 Å². The molecule has 192 valence electrons. The highest BCUT2D eigenvalue weighted by atomic mass is 19.1. The lowest BCUT2D eigenvalue weighted by Crippen LogP contribution is -2.24. The van der Waals surface area contributed by atoms with E-state index in [1.807, 2.05) is 0 Å². The quantitative estimate of drug-likeness (QED) is 0.122. The van der Waals surface area contributed by atoms with Crippen LogP contribution >= 0.6 is 0 Å². The second-order valence-corrected chi connectivity index (χ2v) is 8.27. The summed E-state index contributed by atoms with van der Waals surface area (Å²) in [6, 6.07) is 19.0. The predicted molar refractivity (Wildman–Crippen MR) is 138 cm³/mol. The van der Waals surface area contributed by atoms with E-state index in [0.29, 0.717) is 34.6 Å². The zero-order chi connectivity index (χ0) is 27.2. The normalized spacial score (nSPS) is 11.2. The highest BCUT2D eigenvalue weighted by Crippen LogP contribution is 2.24. The molecule has 5 nitrogen and oxygen atoms in total. The molecule has 0 heterocycles. The Bertz CT molecular complexity index is 1500. The first-order valence-corrected chi connectivity index (χ1v) is 11.4.